The van der Waals surface area contributed by atoms with Crippen LogP contribution >= 0.6 is 15.9 Å². The van der Waals surface area contributed by atoms with Crippen molar-refractivity contribution in [2.75, 3.05) is 7.11 Å². The molecule has 0 aliphatic carbocycles. The van der Waals surface area contributed by atoms with Crippen LogP contribution in [0, 0.1) is 6.92 Å². The Hall–Kier alpha value is -1.88. The maximum atomic E-state index is 11.0. The molecule has 24 heavy (non-hydrogen) atoms. The number of hydrogen-bond donors (Lipinski definition) is 1. The smallest absolute Gasteiger partial charge is 0.328 e. The predicted molar refractivity (Wildman–Crippen MR) is 101 cm³/mol. The molecule has 0 saturated heterocycles. The third kappa shape index (κ3) is 5.96. The third-order valence-corrected chi connectivity index (χ3v) is 4.38. The summed E-state index contributed by atoms with van der Waals surface area (Å²) in [5.74, 6) is -0.379. The number of unbranched alkanes of at least 4 members (excludes halogenated alkanes) is 1. The largest absolute Gasteiger partial charge is 0.467 e. The van der Waals surface area contributed by atoms with Crippen LogP contribution in [0.2, 0.25) is 0 Å². The molecule has 0 unspecified atom stereocenters. The van der Waals surface area contributed by atoms with E-state index in [1.165, 1.54) is 27.9 Å². The summed E-state index contributed by atoms with van der Waals surface area (Å²) >= 11 is 3.53. The Bertz CT molecular complexity index is 632. The minimum absolute atomic E-state index is 0.379. The molecule has 5 heteroatoms. The van der Waals surface area contributed by atoms with Gasteiger partial charge >= 0.3 is 5.97 Å². The van der Waals surface area contributed by atoms with Crippen molar-refractivity contribution in [3.63, 3.8) is 0 Å². The highest BCUT2D eigenvalue weighted by molar-refractivity contribution is 9.10. The van der Waals surface area contributed by atoms with Crippen molar-refractivity contribution in [3.8, 4) is 0 Å². The average molecular weight is 394 g/mol. The molecular weight excluding hydrogens is 370 g/mol. The predicted octanol–water partition coefficient (Wildman–Crippen LogP) is 4.37. The van der Waals surface area contributed by atoms with Crippen LogP contribution in [-0.2, 0) is 14.3 Å². The van der Waals surface area contributed by atoms with Gasteiger partial charge < -0.3 is 10.1 Å². The van der Waals surface area contributed by atoms with Crippen LogP contribution in [0.4, 0.5) is 0 Å². The molecule has 0 aromatic heterocycles. The van der Waals surface area contributed by atoms with Crippen LogP contribution in [0.15, 0.2) is 40.9 Å². The van der Waals surface area contributed by atoms with E-state index in [0.717, 1.165) is 12.8 Å². The topological polar surface area (TPSA) is 55.4 Å². The number of carbonyl (C=O) groups is 2. The Morgan fingerprint density at radius 3 is 2.46 bits per heavy atom. The van der Waals surface area contributed by atoms with Crippen LogP contribution in [0.25, 0.3) is 10.8 Å². The second kappa shape index (κ2) is 10.8. The van der Waals surface area contributed by atoms with Gasteiger partial charge in [0.2, 0.25) is 6.41 Å². The van der Waals surface area contributed by atoms with E-state index in [9.17, 15) is 9.59 Å². The molecule has 0 aliphatic heterocycles. The van der Waals surface area contributed by atoms with Crippen LogP contribution < -0.4 is 5.32 Å². The molecule has 2 aromatic rings. The summed E-state index contributed by atoms with van der Waals surface area (Å²) in [5, 5.41) is 5.03. The minimum atomic E-state index is -0.479. The zero-order chi connectivity index (χ0) is 17.9. The van der Waals surface area contributed by atoms with Gasteiger partial charge in [-0.15, -0.1) is 0 Å². The lowest BCUT2D eigenvalue weighted by Crippen LogP contribution is -2.36. The molecular formula is C19H24BrNO3. The number of fused-ring (bicyclic) bond motifs is 1. The lowest BCUT2D eigenvalue weighted by molar-refractivity contribution is -0.144. The Morgan fingerprint density at radius 1 is 1.25 bits per heavy atom. The lowest BCUT2D eigenvalue weighted by Gasteiger charge is -2.12. The summed E-state index contributed by atoms with van der Waals surface area (Å²) in [4.78, 5) is 21.0. The molecule has 130 valence electrons. The van der Waals surface area contributed by atoms with Gasteiger partial charge in [-0.1, -0.05) is 66.0 Å². The molecule has 0 aliphatic rings. The molecule has 2 aromatic carbocycles. The Kier molecular flexibility index (Phi) is 9.08. The number of hydrogen-bond acceptors (Lipinski definition) is 3. The van der Waals surface area contributed by atoms with Crippen LogP contribution in [0.1, 0.15) is 31.7 Å². The second-order valence-electron chi connectivity index (χ2n) is 5.41. The highest BCUT2D eigenvalue weighted by Gasteiger charge is 2.16. The van der Waals surface area contributed by atoms with Gasteiger partial charge in [0.15, 0.2) is 0 Å². The van der Waals surface area contributed by atoms with Gasteiger partial charge in [-0.2, -0.15) is 0 Å². The summed E-state index contributed by atoms with van der Waals surface area (Å²) in [5.41, 5.74) is 1.33. The number of halogens is 1. The van der Waals surface area contributed by atoms with E-state index in [4.69, 9.17) is 0 Å². The lowest BCUT2D eigenvalue weighted by atomic mass is 10.1. The van der Waals surface area contributed by atoms with E-state index in [2.05, 4.69) is 69.3 Å². The number of ether oxygens (including phenoxy) is 1. The molecule has 1 atom stereocenters. The highest BCUT2D eigenvalue weighted by Crippen LogP contribution is 2.25. The van der Waals surface area contributed by atoms with Crippen molar-refractivity contribution in [1.29, 1.82) is 0 Å². The number of methoxy groups -OCH3 is 1. The van der Waals surface area contributed by atoms with Crippen molar-refractivity contribution in [1.82, 2.24) is 5.32 Å². The molecule has 0 heterocycles. The van der Waals surface area contributed by atoms with Crippen molar-refractivity contribution < 1.29 is 14.3 Å². The molecule has 0 saturated carbocycles. The third-order valence-electron chi connectivity index (χ3n) is 3.69. The monoisotopic (exact) mass is 393 g/mol. The van der Waals surface area contributed by atoms with Crippen molar-refractivity contribution in [2.24, 2.45) is 0 Å². The molecule has 0 fully saturated rings. The fourth-order valence-electron chi connectivity index (χ4n) is 2.31. The fraction of sp³-hybridized carbons (Fsp3) is 0.368. The van der Waals surface area contributed by atoms with Crippen molar-refractivity contribution in [3.05, 3.63) is 46.4 Å². The van der Waals surface area contributed by atoms with E-state index in [1.807, 2.05) is 6.92 Å². The molecule has 0 radical (unpaired) electrons. The van der Waals surface area contributed by atoms with E-state index in [1.54, 1.807) is 0 Å². The molecule has 2 rings (SSSR count). The van der Waals surface area contributed by atoms with E-state index in [0.29, 0.717) is 12.8 Å². The van der Waals surface area contributed by atoms with Gasteiger partial charge in [0, 0.05) is 4.47 Å². The molecule has 4 nitrogen and oxygen atoms in total. The standard InChI is InChI=1S/C11H9Br.C8H15NO3/c1-8-6-7-11(12)10-5-3-2-4-9(8)10;1-3-4-5-7(9-6-10)8(11)12-2/h2-7H,1H3;6-7H,3-5H2,1-2H3,(H,9,10)/t;7-/m.0/s1. The number of carbonyl (C=O) groups excluding carboxylic acids is 2. The molecule has 1 amide bonds. The van der Waals surface area contributed by atoms with Gasteiger partial charge in [0.25, 0.3) is 0 Å². The Labute approximate surface area is 151 Å². The average Bonchev–Trinajstić information content (AvgIpc) is 2.62. The maximum Gasteiger partial charge on any atom is 0.328 e. The van der Waals surface area contributed by atoms with Crippen LogP contribution in [0.5, 0.6) is 0 Å². The van der Waals surface area contributed by atoms with E-state index < -0.39 is 6.04 Å². The first-order valence-electron chi connectivity index (χ1n) is 7.96. The first kappa shape index (κ1) is 20.2. The summed E-state index contributed by atoms with van der Waals surface area (Å²) < 4.78 is 5.67. The van der Waals surface area contributed by atoms with E-state index >= 15 is 0 Å². The maximum absolute atomic E-state index is 11.0. The molecule has 1 N–H and O–H groups in total. The Morgan fingerprint density at radius 2 is 1.92 bits per heavy atom. The van der Waals surface area contributed by atoms with Gasteiger partial charge in [0.05, 0.1) is 7.11 Å². The first-order chi connectivity index (χ1) is 11.5. The zero-order valence-electron chi connectivity index (χ0n) is 14.3. The first-order valence-corrected chi connectivity index (χ1v) is 8.75. The van der Waals surface area contributed by atoms with Crippen molar-refractivity contribution >= 4 is 39.1 Å². The summed E-state index contributed by atoms with van der Waals surface area (Å²) in [7, 11) is 1.31. The normalized spacial score (nSPS) is 11.2. The highest BCUT2D eigenvalue weighted by atomic mass is 79.9. The van der Waals surface area contributed by atoms with Gasteiger partial charge in [-0.05, 0) is 35.7 Å². The number of aryl methyl sites for hydroxylation is 1. The molecule has 0 bridgehead atoms. The molecule has 0 spiro atoms. The number of rotatable bonds is 6. The van der Waals surface area contributed by atoms with Gasteiger partial charge in [-0.25, -0.2) is 4.79 Å². The summed E-state index contributed by atoms with van der Waals surface area (Å²) in [6, 6.07) is 12.2. The summed E-state index contributed by atoms with van der Waals surface area (Å²) in [6.45, 7) is 4.16. The number of amides is 1. The quantitative estimate of drug-likeness (QED) is 0.585. The summed E-state index contributed by atoms with van der Waals surface area (Å²) in [6.07, 6.45) is 3.06. The van der Waals surface area contributed by atoms with Crippen LogP contribution in [0.3, 0.4) is 0 Å². The minimum Gasteiger partial charge on any atom is -0.467 e. The second-order valence-corrected chi connectivity index (χ2v) is 6.27. The van der Waals surface area contributed by atoms with Gasteiger partial charge in [-0.3, -0.25) is 4.79 Å². The number of nitrogens with one attached hydrogen (secondary N) is 1. The van der Waals surface area contributed by atoms with E-state index in [-0.39, 0.29) is 5.97 Å². The number of benzene rings is 2. The zero-order valence-corrected chi connectivity index (χ0v) is 15.9. The fourth-order valence-corrected chi connectivity index (χ4v) is 2.79. The Balaban J connectivity index is 0.000000240. The van der Waals surface area contributed by atoms with Crippen LogP contribution in [-0.4, -0.2) is 25.5 Å². The SMILES string of the molecule is CCCC[C@H](NC=O)C(=O)OC.Cc1ccc(Br)c2ccccc12. The van der Waals surface area contributed by atoms with Gasteiger partial charge in [0.1, 0.15) is 6.04 Å². The number of esters is 1. The van der Waals surface area contributed by atoms with Crippen molar-refractivity contribution in [2.45, 2.75) is 39.2 Å².